The van der Waals surface area contributed by atoms with E-state index in [1.165, 1.54) is 0 Å². The molecule has 0 aliphatic carbocycles. The molecule has 0 atom stereocenters. The van der Waals surface area contributed by atoms with Crippen LogP contribution in [0.5, 0.6) is 0 Å². The highest BCUT2D eigenvalue weighted by molar-refractivity contribution is 6.30. The van der Waals surface area contributed by atoms with Gasteiger partial charge in [-0.05, 0) is 30.3 Å². The second kappa shape index (κ2) is 6.84. The van der Waals surface area contributed by atoms with Gasteiger partial charge in [0.25, 0.3) is 0 Å². The van der Waals surface area contributed by atoms with E-state index in [9.17, 15) is 4.79 Å². The number of pyridine rings is 1. The van der Waals surface area contributed by atoms with Gasteiger partial charge >= 0.3 is 6.03 Å². The second-order valence-corrected chi connectivity index (χ2v) is 6.72. The van der Waals surface area contributed by atoms with Crippen LogP contribution in [-0.4, -0.2) is 51.9 Å². The highest BCUT2D eigenvalue weighted by atomic mass is 35.5. The summed E-state index contributed by atoms with van der Waals surface area (Å²) in [6, 6.07) is 9.45. The monoisotopic (exact) mass is 370 g/mol. The SMILES string of the molecule is Cn1ncc2cc(NC(=O)N3CCN(c4ccc(Cl)cn4)CC3)ccc21. The molecular formula is C18H19ClN6O. The largest absolute Gasteiger partial charge is 0.353 e. The van der Waals surface area contributed by atoms with Crippen molar-refractivity contribution in [1.29, 1.82) is 0 Å². The molecule has 8 heteroatoms. The van der Waals surface area contributed by atoms with Crippen molar-refractivity contribution < 1.29 is 4.79 Å². The van der Waals surface area contributed by atoms with Gasteiger partial charge in [-0.15, -0.1) is 0 Å². The van der Waals surface area contributed by atoms with Crippen LogP contribution in [0.3, 0.4) is 0 Å². The van der Waals surface area contributed by atoms with Crippen molar-refractivity contribution in [1.82, 2.24) is 19.7 Å². The number of carbonyl (C=O) groups is 1. The van der Waals surface area contributed by atoms with Crippen LogP contribution in [0.2, 0.25) is 5.02 Å². The van der Waals surface area contributed by atoms with Crippen molar-refractivity contribution in [2.75, 3.05) is 36.4 Å². The molecule has 0 bridgehead atoms. The van der Waals surface area contributed by atoms with Crippen molar-refractivity contribution in [2.24, 2.45) is 7.05 Å². The molecule has 3 aromatic rings. The lowest BCUT2D eigenvalue weighted by atomic mass is 10.2. The maximum Gasteiger partial charge on any atom is 0.321 e. The standard InChI is InChI=1S/C18H19ClN6O/c1-23-16-4-3-15(10-13(16)11-21-23)22-18(26)25-8-6-24(7-9-25)17-5-2-14(19)12-20-17/h2-5,10-12H,6-9H2,1H3,(H,22,26). The van der Waals surface area contributed by atoms with Gasteiger partial charge in [-0.2, -0.15) is 5.10 Å². The van der Waals surface area contributed by atoms with Crippen molar-refractivity contribution in [3.8, 4) is 0 Å². The molecule has 4 rings (SSSR count). The fraction of sp³-hybridized carbons (Fsp3) is 0.278. The molecule has 2 amide bonds. The van der Waals surface area contributed by atoms with Gasteiger partial charge in [0.15, 0.2) is 0 Å². The zero-order valence-corrected chi connectivity index (χ0v) is 15.1. The molecule has 0 radical (unpaired) electrons. The molecule has 0 unspecified atom stereocenters. The summed E-state index contributed by atoms with van der Waals surface area (Å²) in [6.45, 7) is 2.77. The summed E-state index contributed by atoms with van der Waals surface area (Å²) >= 11 is 5.88. The minimum absolute atomic E-state index is 0.0862. The number of aryl methyl sites for hydroxylation is 1. The molecule has 7 nitrogen and oxygen atoms in total. The van der Waals surface area contributed by atoms with Gasteiger partial charge in [-0.1, -0.05) is 11.6 Å². The van der Waals surface area contributed by atoms with E-state index in [4.69, 9.17) is 11.6 Å². The zero-order chi connectivity index (χ0) is 18.1. The molecule has 1 aromatic carbocycles. The van der Waals surface area contributed by atoms with Crippen LogP contribution in [-0.2, 0) is 7.05 Å². The number of rotatable bonds is 2. The third-order valence-corrected chi connectivity index (χ3v) is 4.82. The van der Waals surface area contributed by atoms with Crippen LogP contribution in [0.1, 0.15) is 0 Å². The first-order chi connectivity index (χ1) is 12.6. The number of carbonyl (C=O) groups excluding carboxylic acids is 1. The van der Waals surface area contributed by atoms with Crippen LogP contribution in [0.15, 0.2) is 42.7 Å². The Kier molecular flexibility index (Phi) is 4.38. The number of nitrogens with zero attached hydrogens (tertiary/aromatic N) is 5. The maximum absolute atomic E-state index is 12.5. The Morgan fingerprint density at radius 3 is 2.65 bits per heavy atom. The fourth-order valence-electron chi connectivity index (χ4n) is 3.14. The van der Waals surface area contributed by atoms with Gasteiger partial charge in [-0.25, -0.2) is 9.78 Å². The summed E-state index contributed by atoms with van der Waals surface area (Å²) in [5, 5.41) is 8.82. The lowest BCUT2D eigenvalue weighted by molar-refractivity contribution is 0.208. The number of aromatic nitrogens is 3. The van der Waals surface area contributed by atoms with E-state index < -0.39 is 0 Å². The summed E-state index contributed by atoms with van der Waals surface area (Å²) < 4.78 is 1.81. The van der Waals surface area contributed by atoms with Gasteiger partial charge in [0.1, 0.15) is 5.82 Å². The molecule has 1 aliphatic heterocycles. The number of piperazine rings is 1. The number of halogens is 1. The minimum Gasteiger partial charge on any atom is -0.353 e. The van der Waals surface area contributed by atoms with Crippen LogP contribution in [0.25, 0.3) is 10.9 Å². The molecule has 1 N–H and O–H groups in total. The van der Waals surface area contributed by atoms with Gasteiger partial charge in [0.05, 0.1) is 16.7 Å². The third kappa shape index (κ3) is 3.30. The van der Waals surface area contributed by atoms with Crippen LogP contribution in [0.4, 0.5) is 16.3 Å². The van der Waals surface area contributed by atoms with Crippen molar-refractivity contribution in [2.45, 2.75) is 0 Å². The fourth-order valence-corrected chi connectivity index (χ4v) is 3.25. The Hall–Kier alpha value is -2.80. The quantitative estimate of drug-likeness (QED) is 0.753. The Bertz CT molecular complexity index is 931. The summed E-state index contributed by atoms with van der Waals surface area (Å²) in [6.07, 6.45) is 3.44. The average Bonchev–Trinajstić information content (AvgIpc) is 3.03. The Morgan fingerprint density at radius 1 is 1.12 bits per heavy atom. The number of urea groups is 1. The van der Waals surface area contributed by atoms with Crippen LogP contribution < -0.4 is 10.2 Å². The van der Waals surface area contributed by atoms with E-state index in [1.807, 2.05) is 47.0 Å². The molecule has 26 heavy (non-hydrogen) atoms. The minimum atomic E-state index is -0.0862. The number of hydrogen-bond acceptors (Lipinski definition) is 4. The van der Waals surface area contributed by atoms with Gasteiger partial charge in [0, 0.05) is 50.5 Å². The Labute approximate surface area is 156 Å². The molecule has 134 valence electrons. The van der Waals surface area contributed by atoms with Crippen molar-refractivity contribution in [3.05, 3.63) is 47.7 Å². The van der Waals surface area contributed by atoms with Gasteiger partial charge in [-0.3, -0.25) is 4.68 Å². The van der Waals surface area contributed by atoms with Crippen LogP contribution in [0, 0.1) is 0 Å². The van der Waals surface area contributed by atoms with Crippen molar-refractivity contribution >= 4 is 40.0 Å². The second-order valence-electron chi connectivity index (χ2n) is 6.28. The molecule has 1 aliphatic rings. The summed E-state index contributed by atoms with van der Waals surface area (Å²) in [5.41, 5.74) is 1.81. The molecule has 2 aromatic heterocycles. The Morgan fingerprint density at radius 2 is 1.92 bits per heavy atom. The first-order valence-corrected chi connectivity index (χ1v) is 8.82. The Balaban J connectivity index is 1.37. The summed E-state index contributed by atoms with van der Waals surface area (Å²) in [7, 11) is 1.90. The van der Waals surface area contributed by atoms with E-state index in [-0.39, 0.29) is 6.03 Å². The van der Waals surface area contributed by atoms with E-state index in [0.717, 1.165) is 35.5 Å². The third-order valence-electron chi connectivity index (χ3n) is 4.60. The summed E-state index contributed by atoms with van der Waals surface area (Å²) in [5.74, 6) is 0.886. The maximum atomic E-state index is 12.5. The van der Waals surface area contributed by atoms with Gasteiger partial charge in [0.2, 0.25) is 0 Å². The topological polar surface area (TPSA) is 66.3 Å². The molecule has 3 heterocycles. The number of fused-ring (bicyclic) bond motifs is 1. The molecule has 0 saturated carbocycles. The summed E-state index contributed by atoms with van der Waals surface area (Å²) in [4.78, 5) is 20.9. The van der Waals surface area contributed by atoms with Crippen molar-refractivity contribution in [3.63, 3.8) is 0 Å². The highest BCUT2D eigenvalue weighted by Crippen LogP contribution is 2.20. The number of amides is 2. The molecule has 0 spiro atoms. The van der Waals surface area contributed by atoms with Gasteiger partial charge < -0.3 is 15.1 Å². The normalized spacial score (nSPS) is 14.7. The molecule has 1 fully saturated rings. The van der Waals surface area contributed by atoms with E-state index in [2.05, 4.69) is 20.3 Å². The number of hydrogen-bond donors (Lipinski definition) is 1. The number of nitrogens with one attached hydrogen (secondary N) is 1. The predicted molar refractivity (Wildman–Crippen MR) is 103 cm³/mol. The molecular weight excluding hydrogens is 352 g/mol. The lowest BCUT2D eigenvalue weighted by Gasteiger charge is -2.35. The number of anilines is 2. The van der Waals surface area contributed by atoms with E-state index >= 15 is 0 Å². The molecule has 1 saturated heterocycles. The highest BCUT2D eigenvalue weighted by Gasteiger charge is 2.22. The first-order valence-electron chi connectivity index (χ1n) is 8.44. The van der Waals surface area contributed by atoms with E-state index in [0.29, 0.717) is 18.1 Å². The first kappa shape index (κ1) is 16.7. The predicted octanol–water partition coefficient (Wildman–Crippen LogP) is 2.98. The smallest absolute Gasteiger partial charge is 0.321 e. The zero-order valence-electron chi connectivity index (χ0n) is 14.4. The van der Waals surface area contributed by atoms with Crippen LogP contribution >= 0.6 is 11.6 Å². The average molecular weight is 371 g/mol. The number of benzene rings is 1. The lowest BCUT2D eigenvalue weighted by Crippen LogP contribution is -2.50. The van der Waals surface area contributed by atoms with E-state index in [1.54, 1.807) is 12.4 Å².